The Morgan fingerprint density at radius 1 is 1.13 bits per heavy atom. The Labute approximate surface area is 220 Å². The molecule has 0 aliphatic heterocycles. The Hall–Kier alpha value is -4.90. The summed E-state index contributed by atoms with van der Waals surface area (Å²) in [6.45, 7) is 2.26. The molecule has 0 atom stereocenters. The number of rotatable bonds is 10. The molecular weight excluding hydrogens is 518 g/mol. The van der Waals surface area contributed by atoms with Gasteiger partial charge in [0.05, 0.1) is 28.3 Å². The van der Waals surface area contributed by atoms with Crippen molar-refractivity contribution in [1.82, 2.24) is 5.43 Å². The van der Waals surface area contributed by atoms with Gasteiger partial charge in [-0.05, 0) is 54.4 Å². The van der Waals surface area contributed by atoms with Gasteiger partial charge >= 0.3 is 11.9 Å². The van der Waals surface area contributed by atoms with Crippen LogP contribution in [-0.2, 0) is 6.61 Å². The zero-order valence-electron chi connectivity index (χ0n) is 19.8. The smallest absolute Gasteiger partial charge is 0.335 e. The second-order valence-corrected chi connectivity index (χ2v) is 8.25. The standard InChI is InChI=1S/C26H20ClN3O8/c1-2-36-22-10-16(9-20(27)24(22)37-14-15-3-5-17(6-4-15)26(32)33)13-28-29-25(31)23-12-18-11-19(30(34)35)7-8-21(18)38-23/h3-13H,2,14H2,1H3,(H,29,31)(H,32,33)/b28-13-. The number of halogens is 1. The number of carboxylic acid groups (broad SMARTS) is 1. The van der Waals surface area contributed by atoms with Crippen molar-refractivity contribution >= 4 is 46.3 Å². The maximum absolute atomic E-state index is 12.4. The van der Waals surface area contributed by atoms with Crippen LogP contribution in [0.4, 0.5) is 5.69 Å². The number of nitrogens with zero attached hydrogens (tertiary/aromatic N) is 2. The third kappa shape index (κ3) is 6.08. The molecule has 0 aliphatic rings. The van der Waals surface area contributed by atoms with E-state index >= 15 is 0 Å². The van der Waals surface area contributed by atoms with Crippen molar-refractivity contribution in [2.45, 2.75) is 13.5 Å². The number of benzene rings is 3. The van der Waals surface area contributed by atoms with Gasteiger partial charge in [0.15, 0.2) is 17.3 Å². The number of non-ortho nitro benzene ring substituents is 1. The van der Waals surface area contributed by atoms with Crippen LogP contribution in [0, 0.1) is 10.1 Å². The van der Waals surface area contributed by atoms with Gasteiger partial charge in [-0.25, -0.2) is 10.2 Å². The fourth-order valence-corrected chi connectivity index (χ4v) is 3.71. The number of furan rings is 1. The maximum Gasteiger partial charge on any atom is 0.335 e. The van der Waals surface area contributed by atoms with Gasteiger partial charge in [0.1, 0.15) is 12.2 Å². The van der Waals surface area contributed by atoms with Crippen LogP contribution in [0.15, 0.2) is 70.2 Å². The molecule has 0 aliphatic carbocycles. The lowest BCUT2D eigenvalue weighted by molar-refractivity contribution is -0.384. The van der Waals surface area contributed by atoms with E-state index in [2.05, 4.69) is 10.5 Å². The first-order valence-corrected chi connectivity index (χ1v) is 11.6. The van der Waals surface area contributed by atoms with Crippen molar-refractivity contribution in [3.63, 3.8) is 0 Å². The Morgan fingerprint density at radius 2 is 1.89 bits per heavy atom. The van der Waals surface area contributed by atoms with E-state index in [-0.39, 0.29) is 28.6 Å². The first kappa shape index (κ1) is 26.2. The van der Waals surface area contributed by atoms with Crippen molar-refractivity contribution in [3.05, 3.63) is 98.3 Å². The number of carbonyl (C=O) groups is 2. The number of amides is 1. The van der Waals surface area contributed by atoms with Crippen LogP contribution in [0.5, 0.6) is 11.5 Å². The molecule has 0 radical (unpaired) electrons. The molecule has 0 saturated heterocycles. The average molecular weight is 538 g/mol. The van der Waals surface area contributed by atoms with Crippen molar-refractivity contribution in [1.29, 1.82) is 0 Å². The number of carbonyl (C=O) groups excluding carboxylic acids is 1. The van der Waals surface area contributed by atoms with Gasteiger partial charge in [-0.1, -0.05) is 23.7 Å². The van der Waals surface area contributed by atoms with Crippen LogP contribution in [0.3, 0.4) is 0 Å². The number of nitro groups is 1. The summed E-state index contributed by atoms with van der Waals surface area (Å²) in [5.41, 5.74) is 3.96. The Morgan fingerprint density at radius 3 is 2.58 bits per heavy atom. The predicted molar refractivity (Wildman–Crippen MR) is 138 cm³/mol. The fourth-order valence-electron chi connectivity index (χ4n) is 3.44. The Bertz CT molecular complexity index is 1550. The minimum Gasteiger partial charge on any atom is -0.490 e. The van der Waals surface area contributed by atoms with Gasteiger partial charge in [-0.2, -0.15) is 5.10 Å². The minimum absolute atomic E-state index is 0.0641. The van der Waals surface area contributed by atoms with Gasteiger partial charge < -0.3 is 19.0 Å². The Balaban J connectivity index is 1.45. The number of hydrogen-bond acceptors (Lipinski definition) is 8. The topological polar surface area (TPSA) is 154 Å². The number of ether oxygens (including phenoxy) is 2. The van der Waals surface area contributed by atoms with Crippen molar-refractivity contribution in [3.8, 4) is 11.5 Å². The number of aromatic carboxylic acids is 1. The number of fused-ring (bicyclic) bond motifs is 1. The SMILES string of the molecule is CCOc1cc(/C=N\NC(=O)c2cc3cc([N+](=O)[O-])ccc3o2)cc(Cl)c1OCc1ccc(C(=O)O)cc1. The maximum atomic E-state index is 12.4. The molecule has 0 unspecified atom stereocenters. The number of nitrogens with one attached hydrogen (secondary N) is 1. The molecule has 2 N–H and O–H groups in total. The molecule has 0 spiro atoms. The van der Waals surface area contributed by atoms with E-state index in [1.165, 1.54) is 42.6 Å². The van der Waals surface area contributed by atoms with Gasteiger partial charge in [-0.15, -0.1) is 0 Å². The largest absolute Gasteiger partial charge is 0.490 e. The second kappa shape index (κ2) is 11.4. The zero-order chi connectivity index (χ0) is 27.2. The molecule has 4 aromatic rings. The summed E-state index contributed by atoms with van der Waals surface area (Å²) >= 11 is 6.43. The molecule has 0 fully saturated rings. The van der Waals surface area contributed by atoms with E-state index in [9.17, 15) is 19.7 Å². The summed E-state index contributed by atoms with van der Waals surface area (Å²) in [7, 11) is 0. The van der Waals surface area contributed by atoms with Crippen LogP contribution in [0.1, 0.15) is 39.0 Å². The van der Waals surface area contributed by atoms with Crippen LogP contribution in [0.25, 0.3) is 11.0 Å². The third-order valence-electron chi connectivity index (χ3n) is 5.23. The van der Waals surface area contributed by atoms with E-state index in [1.807, 2.05) is 0 Å². The molecule has 0 bridgehead atoms. The molecule has 12 heteroatoms. The van der Waals surface area contributed by atoms with Gasteiger partial charge in [0, 0.05) is 17.5 Å². The lowest BCUT2D eigenvalue weighted by Gasteiger charge is -2.14. The summed E-state index contributed by atoms with van der Waals surface area (Å²) in [5, 5.41) is 24.5. The van der Waals surface area contributed by atoms with Crippen molar-refractivity contribution in [2.24, 2.45) is 5.10 Å². The van der Waals surface area contributed by atoms with E-state index < -0.39 is 16.8 Å². The second-order valence-electron chi connectivity index (χ2n) is 7.84. The summed E-state index contributed by atoms with van der Waals surface area (Å²) < 4.78 is 16.9. The van der Waals surface area contributed by atoms with Crippen molar-refractivity contribution in [2.75, 3.05) is 6.61 Å². The summed E-state index contributed by atoms with van der Waals surface area (Å²) in [6, 6.07) is 14.9. The lowest BCUT2D eigenvalue weighted by Crippen LogP contribution is -2.16. The summed E-state index contributed by atoms with van der Waals surface area (Å²) in [4.78, 5) is 33.9. The average Bonchev–Trinajstić information content (AvgIpc) is 3.32. The molecule has 0 saturated carbocycles. The highest BCUT2D eigenvalue weighted by atomic mass is 35.5. The quantitative estimate of drug-likeness (QED) is 0.154. The molecule has 1 amide bonds. The normalized spacial score (nSPS) is 11.0. The molecule has 3 aromatic carbocycles. The van der Waals surface area contributed by atoms with Crippen LogP contribution >= 0.6 is 11.6 Å². The van der Waals surface area contributed by atoms with Gasteiger partial charge in [0.2, 0.25) is 0 Å². The van der Waals surface area contributed by atoms with Crippen LogP contribution in [-0.4, -0.2) is 34.7 Å². The molecule has 38 heavy (non-hydrogen) atoms. The first-order chi connectivity index (χ1) is 18.2. The highest BCUT2D eigenvalue weighted by Crippen LogP contribution is 2.37. The van der Waals surface area contributed by atoms with E-state index in [0.29, 0.717) is 34.6 Å². The summed E-state index contributed by atoms with van der Waals surface area (Å²) in [5.74, 6) is -1.07. The molecule has 1 heterocycles. The lowest BCUT2D eigenvalue weighted by atomic mass is 10.1. The molecule has 194 valence electrons. The van der Waals surface area contributed by atoms with Gasteiger partial charge in [-0.3, -0.25) is 14.9 Å². The third-order valence-corrected chi connectivity index (χ3v) is 5.51. The number of hydrogen-bond donors (Lipinski definition) is 2. The monoisotopic (exact) mass is 537 g/mol. The molecular formula is C26H20ClN3O8. The van der Waals surface area contributed by atoms with Gasteiger partial charge in [0.25, 0.3) is 5.69 Å². The van der Waals surface area contributed by atoms with Crippen LogP contribution in [0.2, 0.25) is 5.02 Å². The number of carboxylic acids is 1. The highest BCUT2D eigenvalue weighted by Gasteiger charge is 2.16. The zero-order valence-corrected chi connectivity index (χ0v) is 20.6. The van der Waals surface area contributed by atoms with E-state index in [0.717, 1.165) is 5.56 Å². The molecule has 1 aromatic heterocycles. The number of nitro benzene ring substituents is 1. The van der Waals surface area contributed by atoms with Crippen LogP contribution < -0.4 is 14.9 Å². The van der Waals surface area contributed by atoms with Crippen molar-refractivity contribution < 1.29 is 33.5 Å². The summed E-state index contributed by atoms with van der Waals surface area (Å²) in [6.07, 6.45) is 1.36. The van der Waals surface area contributed by atoms with E-state index in [1.54, 1.807) is 31.2 Å². The number of hydrazone groups is 1. The fraction of sp³-hybridized carbons (Fsp3) is 0.115. The first-order valence-electron chi connectivity index (χ1n) is 11.2. The predicted octanol–water partition coefficient (Wildman–Crippen LogP) is 5.43. The minimum atomic E-state index is -1.02. The Kier molecular flexibility index (Phi) is 7.88. The highest BCUT2D eigenvalue weighted by molar-refractivity contribution is 6.32. The molecule has 4 rings (SSSR count). The molecule has 11 nitrogen and oxygen atoms in total. The van der Waals surface area contributed by atoms with E-state index in [4.69, 9.17) is 30.6 Å².